The van der Waals surface area contributed by atoms with Crippen LogP contribution in [0.1, 0.15) is 16.7 Å². The summed E-state index contributed by atoms with van der Waals surface area (Å²) in [5.41, 5.74) is 2.95. The molecule has 2 aromatic carbocycles. The van der Waals surface area contributed by atoms with Crippen molar-refractivity contribution in [1.82, 2.24) is 0 Å². The summed E-state index contributed by atoms with van der Waals surface area (Å²) >= 11 is 0. The summed E-state index contributed by atoms with van der Waals surface area (Å²) in [6, 6.07) is 17.3. The van der Waals surface area contributed by atoms with Crippen LogP contribution in [0.4, 0.5) is 0 Å². The van der Waals surface area contributed by atoms with Gasteiger partial charge < -0.3 is 4.74 Å². The van der Waals surface area contributed by atoms with E-state index in [0.29, 0.717) is 0 Å². The van der Waals surface area contributed by atoms with Crippen molar-refractivity contribution in [3.63, 3.8) is 0 Å². The van der Waals surface area contributed by atoms with E-state index in [9.17, 15) is 4.79 Å². The molecular weight excluding hydrogens is 272 g/mol. The normalized spacial score (nSPS) is 9.14. The van der Waals surface area contributed by atoms with Gasteiger partial charge in [0.05, 0.1) is 0 Å². The zero-order valence-corrected chi connectivity index (χ0v) is 12.4. The fourth-order valence-electron chi connectivity index (χ4n) is 1.67. The number of carbonyl (C=O) groups excluding carboxylic acids is 1. The monoisotopic (exact) mass is 288 g/mol. The molecule has 2 nitrogen and oxygen atoms in total. The summed E-state index contributed by atoms with van der Waals surface area (Å²) in [4.78, 5) is 11.5. The van der Waals surface area contributed by atoms with Crippen molar-refractivity contribution >= 4 is 5.78 Å². The second-order valence-corrected chi connectivity index (χ2v) is 4.70. The molecule has 0 atom stereocenters. The fourth-order valence-corrected chi connectivity index (χ4v) is 1.67. The van der Waals surface area contributed by atoms with Gasteiger partial charge in [0.15, 0.2) is 0 Å². The molecule has 0 N–H and O–H groups in total. The van der Waals surface area contributed by atoms with E-state index in [0.717, 1.165) is 11.1 Å². The molecular formula is C20H16O2. The Morgan fingerprint density at radius 2 is 1.64 bits per heavy atom. The molecule has 0 saturated heterocycles. The molecule has 0 aliphatic carbocycles. The van der Waals surface area contributed by atoms with Crippen LogP contribution in [0.15, 0.2) is 54.6 Å². The molecule has 0 aliphatic rings. The quantitative estimate of drug-likeness (QED) is 0.641. The molecule has 108 valence electrons. The summed E-state index contributed by atoms with van der Waals surface area (Å²) in [5.74, 6) is 11.0. The summed E-state index contributed by atoms with van der Waals surface area (Å²) in [6.45, 7) is 2.21. The lowest BCUT2D eigenvalue weighted by atomic mass is 10.2. The van der Waals surface area contributed by atoms with E-state index in [4.69, 9.17) is 4.74 Å². The topological polar surface area (TPSA) is 26.3 Å². The number of aryl methyl sites for hydroxylation is 1. The molecule has 2 heteroatoms. The maximum atomic E-state index is 11.5. The molecule has 2 aromatic rings. The molecule has 0 saturated carbocycles. The summed E-state index contributed by atoms with van der Waals surface area (Å²) in [6.07, 6.45) is 0. The first-order valence-corrected chi connectivity index (χ1v) is 6.97. The van der Waals surface area contributed by atoms with Crippen LogP contribution in [-0.4, -0.2) is 19.0 Å². The predicted molar refractivity (Wildman–Crippen MR) is 87.2 cm³/mol. The highest BCUT2D eigenvalue weighted by molar-refractivity contribution is 5.97. The molecule has 0 aromatic heterocycles. The lowest BCUT2D eigenvalue weighted by Crippen LogP contribution is -2.06. The Bertz CT molecular complexity index is 736. The Labute approximate surface area is 131 Å². The van der Waals surface area contributed by atoms with E-state index in [1.54, 1.807) is 0 Å². The van der Waals surface area contributed by atoms with Gasteiger partial charge in [0.1, 0.15) is 13.2 Å². The number of hydrogen-bond acceptors (Lipinski definition) is 2. The Morgan fingerprint density at radius 1 is 0.955 bits per heavy atom. The van der Waals surface area contributed by atoms with E-state index < -0.39 is 0 Å². The van der Waals surface area contributed by atoms with Gasteiger partial charge in [-0.15, -0.1) is 0 Å². The summed E-state index contributed by atoms with van der Waals surface area (Å²) in [5, 5.41) is 0. The summed E-state index contributed by atoms with van der Waals surface area (Å²) in [7, 11) is 0. The van der Waals surface area contributed by atoms with E-state index in [2.05, 4.69) is 23.7 Å². The number of ether oxygens (including phenoxy) is 1. The van der Waals surface area contributed by atoms with Gasteiger partial charge in [0.2, 0.25) is 5.78 Å². The molecule has 0 amide bonds. The smallest absolute Gasteiger partial charge is 0.231 e. The second-order valence-electron chi connectivity index (χ2n) is 4.70. The lowest BCUT2D eigenvalue weighted by molar-refractivity contribution is -0.117. The molecule has 0 bridgehead atoms. The number of rotatable bonds is 3. The maximum Gasteiger partial charge on any atom is 0.231 e. The zero-order chi connectivity index (χ0) is 15.6. The average Bonchev–Trinajstić information content (AvgIpc) is 2.55. The second kappa shape index (κ2) is 8.47. The maximum absolute atomic E-state index is 11.5. The molecule has 2 rings (SSSR count). The van der Waals surface area contributed by atoms with Crippen molar-refractivity contribution in [2.45, 2.75) is 6.92 Å². The third-order valence-electron chi connectivity index (χ3n) is 2.81. The molecule has 0 spiro atoms. The van der Waals surface area contributed by atoms with Crippen molar-refractivity contribution < 1.29 is 9.53 Å². The Balaban J connectivity index is 1.74. The number of hydrogen-bond donors (Lipinski definition) is 0. The van der Waals surface area contributed by atoms with Gasteiger partial charge in [-0.3, -0.25) is 4.79 Å². The van der Waals surface area contributed by atoms with E-state index in [1.807, 2.05) is 61.5 Å². The van der Waals surface area contributed by atoms with Gasteiger partial charge in [-0.1, -0.05) is 53.7 Å². The van der Waals surface area contributed by atoms with Crippen LogP contribution in [0.25, 0.3) is 0 Å². The standard InChI is InChI=1S/C20H16O2/c1-17-9-11-19(12-10-17)8-5-15-22-16-20(21)14-13-18-6-3-2-4-7-18/h2-4,6-7,9-12H,15-16H2,1H3. The van der Waals surface area contributed by atoms with Gasteiger partial charge in [-0.25, -0.2) is 0 Å². The van der Waals surface area contributed by atoms with Gasteiger partial charge >= 0.3 is 0 Å². The van der Waals surface area contributed by atoms with E-state index >= 15 is 0 Å². The number of carbonyl (C=O) groups is 1. The van der Waals surface area contributed by atoms with Crippen LogP contribution in [0.2, 0.25) is 0 Å². The Morgan fingerprint density at radius 3 is 2.36 bits per heavy atom. The molecule has 0 fully saturated rings. The van der Waals surface area contributed by atoms with Crippen LogP contribution >= 0.6 is 0 Å². The first-order chi connectivity index (χ1) is 10.7. The minimum atomic E-state index is -0.249. The van der Waals surface area contributed by atoms with Gasteiger partial charge in [0.25, 0.3) is 0 Å². The van der Waals surface area contributed by atoms with Crippen LogP contribution in [0.3, 0.4) is 0 Å². The Hall–Kier alpha value is -2.81. The van der Waals surface area contributed by atoms with Crippen molar-refractivity contribution in [1.29, 1.82) is 0 Å². The van der Waals surface area contributed by atoms with Crippen molar-refractivity contribution in [2.24, 2.45) is 0 Å². The zero-order valence-electron chi connectivity index (χ0n) is 12.4. The fraction of sp³-hybridized carbons (Fsp3) is 0.150. The lowest BCUT2D eigenvalue weighted by Gasteiger charge is -1.94. The number of ketones is 1. The third-order valence-corrected chi connectivity index (χ3v) is 2.81. The third kappa shape index (κ3) is 5.67. The molecule has 0 heterocycles. The van der Waals surface area contributed by atoms with Crippen LogP contribution < -0.4 is 0 Å². The molecule has 0 unspecified atom stereocenters. The highest BCUT2D eigenvalue weighted by atomic mass is 16.5. The molecule has 22 heavy (non-hydrogen) atoms. The van der Waals surface area contributed by atoms with E-state index in [-0.39, 0.29) is 19.0 Å². The first kappa shape index (κ1) is 15.6. The minimum absolute atomic E-state index is 0.0393. The van der Waals surface area contributed by atoms with Gasteiger partial charge in [-0.05, 0) is 37.1 Å². The Kier molecular flexibility index (Phi) is 6.00. The van der Waals surface area contributed by atoms with Gasteiger partial charge in [0, 0.05) is 11.1 Å². The van der Waals surface area contributed by atoms with Crippen LogP contribution in [-0.2, 0) is 9.53 Å². The van der Waals surface area contributed by atoms with Crippen molar-refractivity contribution in [2.75, 3.05) is 13.2 Å². The predicted octanol–water partition coefficient (Wildman–Crippen LogP) is 2.98. The molecule has 0 aliphatic heterocycles. The van der Waals surface area contributed by atoms with Crippen LogP contribution in [0, 0.1) is 30.6 Å². The van der Waals surface area contributed by atoms with Gasteiger partial charge in [-0.2, -0.15) is 0 Å². The molecule has 0 radical (unpaired) electrons. The highest BCUT2D eigenvalue weighted by Gasteiger charge is 1.95. The average molecular weight is 288 g/mol. The van der Waals surface area contributed by atoms with Crippen molar-refractivity contribution in [3.05, 3.63) is 71.3 Å². The number of Topliss-reactive ketones (excluding diaryl/α,β-unsaturated/α-hetero) is 1. The largest absolute Gasteiger partial charge is 0.360 e. The summed E-state index contributed by atoms with van der Waals surface area (Å²) < 4.78 is 5.20. The first-order valence-electron chi connectivity index (χ1n) is 6.97. The SMILES string of the molecule is Cc1ccc(C#CCOCC(=O)C#Cc2ccccc2)cc1. The van der Waals surface area contributed by atoms with Crippen LogP contribution in [0.5, 0.6) is 0 Å². The van der Waals surface area contributed by atoms with E-state index in [1.165, 1.54) is 5.56 Å². The minimum Gasteiger partial charge on any atom is -0.360 e. The van der Waals surface area contributed by atoms with Crippen molar-refractivity contribution in [3.8, 4) is 23.7 Å². The highest BCUT2D eigenvalue weighted by Crippen LogP contribution is 2.00. The number of benzene rings is 2.